The topological polar surface area (TPSA) is 137 Å². The van der Waals surface area contributed by atoms with E-state index in [0.717, 1.165) is 38.8 Å². The Morgan fingerprint density at radius 2 is 1.93 bits per heavy atom. The number of rotatable bonds is 3. The van der Waals surface area contributed by atoms with Crippen LogP contribution in [0.2, 0.25) is 0 Å². The van der Waals surface area contributed by atoms with Gasteiger partial charge in [0.1, 0.15) is 18.8 Å². The highest BCUT2D eigenvalue weighted by molar-refractivity contribution is 6.08. The summed E-state index contributed by atoms with van der Waals surface area (Å²) in [6.45, 7) is 6.38. The fourth-order valence-electron chi connectivity index (χ4n) is 5.14. The summed E-state index contributed by atoms with van der Waals surface area (Å²) in [7, 11) is -3.44. The second-order valence-electron chi connectivity index (χ2n) is 7.85. The van der Waals surface area contributed by atoms with Crippen molar-refractivity contribution in [2.45, 2.75) is 39.5 Å². The van der Waals surface area contributed by atoms with Gasteiger partial charge in [-0.1, -0.05) is 32.0 Å². The molecule has 1 N–H and O–H groups in total. The average molecular weight is 439 g/mol. The van der Waals surface area contributed by atoms with Gasteiger partial charge in [-0.2, -0.15) is 0 Å². The standard InChI is InChI=1S/C21H26N2O2.ClHO4/c1-4-21(14(2)20(24)25-3)11-7-12-23-13-10-16-15-8-5-6-9-17(15)22-18(16)19(21)23;2-1(3,4)5/h5-6,8-9,14H,4,7,10-13H2,1-3H3;(H,2,3,4,5)/t14?,21-;/m1./s1. The van der Waals surface area contributed by atoms with Crippen molar-refractivity contribution < 1.29 is 43.0 Å². The minimum atomic E-state index is -4.94. The van der Waals surface area contributed by atoms with E-state index in [1.165, 1.54) is 35.0 Å². The van der Waals surface area contributed by atoms with Crippen molar-refractivity contribution in [3.63, 3.8) is 0 Å². The number of hydrogen-bond donors (Lipinski definition) is 1. The predicted octanol–water partition coefficient (Wildman–Crippen LogP) is -1.23. The third-order valence-electron chi connectivity index (χ3n) is 6.54. The summed E-state index contributed by atoms with van der Waals surface area (Å²) in [6, 6.07) is 8.55. The van der Waals surface area contributed by atoms with E-state index in [2.05, 4.69) is 40.7 Å². The zero-order valence-electron chi connectivity index (χ0n) is 17.4. The lowest BCUT2D eigenvalue weighted by Crippen LogP contribution is -2.68. The number of nitrogens with zero attached hydrogens (tertiary/aromatic N) is 1. The van der Waals surface area contributed by atoms with Crippen molar-refractivity contribution in [1.29, 1.82) is 0 Å². The molecule has 0 amide bonds. The molecule has 30 heavy (non-hydrogen) atoms. The lowest BCUT2D eigenvalue weighted by Gasteiger charge is -2.40. The number of carbonyl (C=O) groups is 1. The van der Waals surface area contributed by atoms with E-state index in [9.17, 15) is 4.79 Å². The number of H-pyrrole nitrogens is 1. The first kappa shape index (κ1) is 22.7. The monoisotopic (exact) mass is 438 g/mol. The number of esters is 1. The molecule has 164 valence electrons. The minimum absolute atomic E-state index is 0.0977. The molecule has 1 aromatic heterocycles. The second kappa shape index (κ2) is 8.64. The summed E-state index contributed by atoms with van der Waals surface area (Å²) in [5.41, 5.74) is 5.06. The number of aromatic amines is 1. The molecule has 0 aliphatic carbocycles. The Morgan fingerprint density at radius 3 is 2.57 bits per heavy atom. The summed E-state index contributed by atoms with van der Waals surface area (Å²) >= 11 is 0. The summed E-state index contributed by atoms with van der Waals surface area (Å²) in [5, 5.41) is 1.32. The van der Waals surface area contributed by atoms with Crippen molar-refractivity contribution >= 4 is 22.6 Å². The van der Waals surface area contributed by atoms with Crippen LogP contribution >= 0.6 is 0 Å². The smallest absolute Gasteiger partial charge is 0.309 e. The zero-order valence-corrected chi connectivity index (χ0v) is 18.2. The highest BCUT2D eigenvalue weighted by Crippen LogP contribution is 2.45. The molecule has 0 fully saturated rings. The first-order valence-electron chi connectivity index (χ1n) is 10.0. The number of para-hydroxylation sites is 1. The first-order valence-corrected chi connectivity index (χ1v) is 11.3. The molecule has 1 unspecified atom stereocenters. The molecule has 2 atom stereocenters. The highest BCUT2D eigenvalue weighted by atomic mass is 35.7. The van der Waals surface area contributed by atoms with Crippen LogP contribution in [0.5, 0.6) is 0 Å². The van der Waals surface area contributed by atoms with Gasteiger partial charge in [0.05, 0.1) is 18.4 Å². The van der Waals surface area contributed by atoms with Crippen LogP contribution in [0.1, 0.15) is 44.4 Å². The number of hydrogen-bond acceptors (Lipinski definition) is 6. The van der Waals surface area contributed by atoms with E-state index in [1.807, 2.05) is 6.92 Å². The van der Waals surface area contributed by atoms with E-state index < -0.39 is 10.2 Å². The molecule has 0 saturated heterocycles. The molecule has 8 nitrogen and oxygen atoms in total. The molecule has 1 aromatic carbocycles. The maximum absolute atomic E-state index is 12.5. The number of halogens is 1. The molecule has 3 heterocycles. The average Bonchev–Trinajstić information content (AvgIpc) is 3.09. The van der Waals surface area contributed by atoms with Crippen LogP contribution in [0.15, 0.2) is 24.3 Å². The number of ether oxygens (including phenoxy) is 1. The number of fused-ring (bicyclic) bond motifs is 4. The second-order valence-corrected chi connectivity index (χ2v) is 8.60. The van der Waals surface area contributed by atoms with Crippen molar-refractivity contribution in [2.75, 3.05) is 20.2 Å². The SMILES string of the molecule is CC[C@]1(C(C)C(=O)OC)CCC[N+]2=C1c1[nH]c3ccccc3c1CC2.[O-][Cl+3]([O-])([O-])[O-]. The maximum Gasteiger partial charge on any atom is 0.309 e. The molecule has 4 rings (SSSR count). The van der Waals surface area contributed by atoms with Gasteiger partial charge in [-0.15, -0.1) is 10.2 Å². The maximum atomic E-state index is 12.5. The van der Waals surface area contributed by atoms with Gasteiger partial charge in [0.15, 0.2) is 0 Å². The van der Waals surface area contributed by atoms with Crippen molar-refractivity contribution in [1.82, 2.24) is 4.98 Å². The molecule has 0 spiro atoms. The van der Waals surface area contributed by atoms with Crippen molar-refractivity contribution in [2.24, 2.45) is 11.3 Å². The van der Waals surface area contributed by atoms with Crippen molar-refractivity contribution in [3.8, 4) is 0 Å². The minimum Gasteiger partial charge on any atom is -0.469 e. The molecule has 9 heteroatoms. The molecule has 0 saturated carbocycles. The van der Waals surface area contributed by atoms with Gasteiger partial charge in [0, 0.05) is 23.7 Å². The summed E-state index contributed by atoms with van der Waals surface area (Å²) in [6.07, 6.45) is 4.19. The Hall–Kier alpha value is -1.97. The fraction of sp³-hybridized carbons (Fsp3) is 0.524. The van der Waals surface area contributed by atoms with Crippen LogP contribution in [-0.2, 0) is 16.0 Å². The molecule has 2 aliphatic heterocycles. The van der Waals surface area contributed by atoms with Crippen LogP contribution in [0.4, 0.5) is 0 Å². The van der Waals surface area contributed by atoms with E-state index in [0.29, 0.717) is 0 Å². The number of aromatic nitrogens is 1. The molecule has 2 aliphatic rings. The molecular weight excluding hydrogens is 412 g/mol. The Labute approximate surface area is 177 Å². The van der Waals surface area contributed by atoms with Gasteiger partial charge in [-0.05, 0) is 24.5 Å². The summed E-state index contributed by atoms with van der Waals surface area (Å²) in [5.74, 6) is -0.239. The van der Waals surface area contributed by atoms with Crippen LogP contribution < -0.4 is 18.6 Å². The van der Waals surface area contributed by atoms with E-state index in [1.54, 1.807) is 0 Å². The Balaban J connectivity index is 0.000000461. The zero-order chi connectivity index (χ0) is 22.1. The van der Waals surface area contributed by atoms with Crippen LogP contribution in [0, 0.1) is 21.6 Å². The van der Waals surface area contributed by atoms with Gasteiger partial charge < -0.3 is 9.72 Å². The lowest BCUT2D eigenvalue weighted by atomic mass is 9.64. The van der Waals surface area contributed by atoms with Crippen LogP contribution in [0.25, 0.3) is 10.9 Å². The lowest BCUT2D eigenvalue weighted by molar-refractivity contribution is -2.00. The van der Waals surface area contributed by atoms with Gasteiger partial charge in [-0.3, -0.25) is 4.79 Å². The Morgan fingerprint density at radius 1 is 1.27 bits per heavy atom. The highest BCUT2D eigenvalue weighted by Gasteiger charge is 2.53. The third-order valence-corrected chi connectivity index (χ3v) is 6.54. The van der Waals surface area contributed by atoms with Gasteiger partial charge >= 0.3 is 5.97 Å². The normalized spacial score (nSPS) is 22.0. The fourth-order valence-corrected chi connectivity index (χ4v) is 5.14. The quantitative estimate of drug-likeness (QED) is 0.470. The van der Waals surface area contributed by atoms with Gasteiger partial charge in [0.2, 0.25) is 5.71 Å². The number of carbonyl (C=O) groups excluding carboxylic acids is 1. The summed E-state index contributed by atoms with van der Waals surface area (Å²) < 4.78 is 41.6. The molecule has 0 bridgehead atoms. The van der Waals surface area contributed by atoms with Crippen LogP contribution in [0.3, 0.4) is 0 Å². The van der Waals surface area contributed by atoms with Crippen molar-refractivity contribution in [3.05, 3.63) is 35.5 Å². The summed E-state index contributed by atoms with van der Waals surface area (Å²) in [4.78, 5) is 16.2. The van der Waals surface area contributed by atoms with E-state index in [4.69, 9.17) is 23.4 Å². The van der Waals surface area contributed by atoms with Gasteiger partial charge in [0.25, 0.3) is 0 Å². The first-order chi connectivity index (χ1) is 14.1. The molecule has 0 radical (unpaired) electrons. The predicted molar refractivity (Wildman–Crippen MR) is 99.2 cm³/mol. The van der Waals surface area contributed by atoms with Gasteiger partial charge in [-0.25, -0.2) is 23.2 Å². The number of nitrogens with one attached hydrogen (secondary N) is 1. The van der Waals surface area contributed by atoms with Crippen LogP contribution in [-0.4, -0.2) is 41.4 Å². The third kappa shape index (κ3) is 4.24. The Bertz CT molecular complexity index is 958. The van der Waals surface area contributed by atoms with E-state index >= 15 is 0 Å². The molecular formula is C21H27ClN2O6. The molecule has 2 aromatic rings. The Kier molecular flexibility index (Phi) is 6.54. The largest absolute Gasteiger partial charge is 0.469 e. The van der Waals surface area contributed by atoms with E-state index in [-0.39, 0.29) is 17.3 Å². The number of methoxy groups -OCH3 is 1. The number of benzene rings is 1.